The number of hydrogen-bond acceptors (Lipinski definition) is 5. The normalized spacial score (nSPS) is 14.0. The molecule has 0 saturated heterocycles. The lowest BCUT2D eigenvalue weighted by Crippen LogP contribution is -2.41. The summed E-state index contributed by atoms with van der Waals surface area (Å²) < 4.78 is 16.4. The number of hydrogen-bond donors (Lipinski definition) is 2. The van der Waals surface area contributed by atoms with Crippen molar-refractivity contribution >= 4 is 5.96 Å². The Morgan fingerprint density at radius 3 is 2.69 bits per heavy atom. The van der Waals surface area contributed by atoms with Crippen molar-refractivity contribution in [3.05, 3.63) is 53.6 Å². The quantitative estimate of drug-likeness (QED) is 0.527. The first-order valence-corrected chi connectivity index (χ1v) is 9.82. The van der Waals surface area contributed by atoms with E-state index in [-0.39, 0.29) is 12.8 Å². The van der Waals surface area contributed by atoms with Crippen molar-refractivity contribution in [3.8, 4) is 17.2 Å². The second kappa shape index (κ2) is 10.0. The molecule has 1 unspecified atom stereocenters. The van der Waals surface area contributed by atoms with E-state index < -0.39 is 0 Å². The third-order valence-corrected chi connectivity index (χ3v) is 4.79. The van der Waals surface area contributed by atoms with Crippen LogP contribution in [0.15, 0.2) is 47.5 Å². The summed E-state index contributed by atoms with van der Waals surface area (Å²) in [6.07, 6.45) is 0. The molecule has 0 fully saturated rings. The van der Waals surface area contributed by atoms with E-state index in [1.807, 2.05) is 36.4 Å². The van der Waals surface area contributed by atoms with Gasteiger partial charge in [0.25, 0.3) is 0 Å². The van der Waals surface area contributed by atoms with Crippen LogP contribution in [-0.2, 0) is 6.54 Å². The molecule has 0 spiro atoms. The number of methoxy groups -OCH3 is 1. The zero-order chi connectivity index (χ0) is 20.6. The van der Waals surface area contributed by atoms with Crippen LogP contribution in [0.1, 0.15) is 24.1 Å². The maximum Gasteiger partial charge on any atom is 0.231 e. The average molecular weight is 399 g/mol. The summed E-state index contributed by atoms with van der Waals surface area (Å²) in [7, 11) is 5.83. The predicted octanol–water partition coefficient (Wildman–Crippen LogP) is 2.78. The minimum absolute atomic E-state index is 0.139. The SMILES string of the molecule is CCNC(=NCc1ccc2c(c1)OCO2)NCC(c1ccccc1OC)N(C)C. The van der Waals surface area contributed by atoms with Crippen LogP contribution in [0.2, 0.25) is 0 Å². The fourth-order valence-corrected chi connectivity index (χ4v) is 3.26. The molecule has 0 radical (unpaired) electrons. The van der Waals surface area contributed by atoms with Gasteiger partial charge in [-0.3, -0.25) is 0 Å². The molecule has 3 rings (SSSR count). The summed E-state index contributed by atoms with van der Waals surface area (Å²) in [5.74, 6) is 3.22. The van der Waals surface area contributed by atoms with Crippen LogP contribution >= 0.6 is 0 Å². The third kappa shape index (κ3) is 5.32. The molecule has 1 atom stereocenters. The first-order chi connectivity index (χ1) is 14.1. The van der Waals surface area contributed by atoms with Gasteiger partial charge in [0, 0.05) is 18.7 Å². The molecule has 29 heavy (non-hydrogen) atoms. The van der Waals surface area contributed by atoms with E-state index in [1.165, 1.54) is 0 Å². The second-order valence-corrected chi connectivity index (χ2v) is 6.99. The fourth-order valence-electron chi connectivity index (χ4n) is 3.26. The molecule has 0 aromatic heterocycles. The van der Waals surface area contributed by atoms with E-state index in [4.69, 9.17) is 19.2 Å². The summed E-state index contributed by atoms with van der Waals surface area (Å²) in [6.45, 7) is 4.37. The van der Waals surface area contributed by atoms with Crippen molar-refractivity contribution in [1.82, 2.24) is 15.5 Å². The molecule has 0 saturated carbocycles. The molecule has 0 bridgehead atoms. The number of benzene rings is 2. The molecule has 1 aliphatic heterocycles. The number of aliphatic imine (C=N–C) groups is 1. The van der Waals surface area contributed by atoms with E-state index in [1.54, 1.807) is 7.11 Å². The smallest absolute Gasteiger partial charge is 0.231 e. The minimum atomic E-state index is 0.139. The van der Waals surface area contributed by atoms with Crippen LogP contribution in [0.25, 0.3) is 0 Å². The van der Waals surface area contributed by atoms with Gasteiger partial charge in [-0.15, -0.1) is 0 Å². The first-order valence-electron chi connectivity index (χ1n) is 9.82. The summed E-state index contributed by atoms with van der Waals surface area (Å²) in [5, 5.41) is 6.77. The Labute approximate surface area is 172 Å². The molecule has 2 N–H and O–H groups in total. The highest BCUT2D eigenvalue weighted by Gasteiger charge is 2.18. The van der Waals surface area contributed by atoms with Crippen LogP contribution < -0.4 is 24.8 Å². The topological polar surface area (TPSA) is 67.4 Å². The van der Waals surface area contributed by atoms with Gasteiger partial charge in [-0.05, 0) is 44.8 Å². The molecule has 2 aromatic rings. The molecule has 1 aliphatic rings. The van der Waals surface area contributed by atoms with Gasteiger partial charge in [-0.2, -0.15) is 0 Å². The minimum Gasteiger partial charge on any atom is -0.496 e. The largest absolute Gasteiger partial charge is 0.496 e. The van der Waals surface area contributed by atoms with Gasteiger partial charge >= 0.3 is 0 Å². The molecular formula is C22H30N4O3. The maximum atomic E-state index is 5.55. The van der Waals surface area contributed by atoms with E-state index in [0.29, 0.717) is 13.1 Å². The van der Waals surface area contributed by atoms with E-state index >= 15 is 0 Å². The maximum absolute atomic E-state index is 5.55. The molecule has 0 amide bonds. The number of guanidine groups is 1. The summed E-state index contributed by atoms with van der Waals surface area (Å²) >= 11 is 0. The monoisotopic (exact) mass is 398 g/mol. The fraction of sp³-hybridized carbons (Fsp3) is 0.409. The molecule has 7 nitrogen and oxygen atoms in total. The van der Waals surface area contributed by atoms with Crippen molar-refractivity contribution < 1.29 is 14.2 Å². The standard InChI is InChI=1S/C22H30N4O3/c1-5-23-22(24-13-16-10-11-20-21(12-16)29-15-28-20)25-14-18(26(2)3)17-8-6-7-9-19(17)27-4/h6-12,18H,5,13-15H2,1-4H3,(H2,23,24,25). The predicted molar refractivity (Wildman–Crippen MR) is 115 cm³/mol. The van der Waals surface area contributed by atoms with Crippen molar-refractivity contribution in [3.63, 3.8) is 0 Å². The van der Waals surface area contributed by atoms with Gasteiger partial charge in [0.15, 0.2) is 17.5 Å². The van der Waals surface area contributed by atoms with Gasteiger partial charge < -0.3 is 29.7 Å². The Morgan fingerprint density at radius 1 is 1.14 bits per heavy atom. The van der Waals surface area contributed by atoms with Crippen LogP contribution in [0.4, 0.5) is 0 Å². The molecule has 1 heterocycles. The molecule has 2 aromatic carbocycles. The second-order valence-electron chi connectivity index (χ2n) is 6.99. The van der Waals surface area contributed by atoms with Crippen molar-refractivity contribution in [2.75, 3.05) is 41.1 Å². The van der Waals surface area contributed by atoms with Crippen molar-refractivity contribution in [2.24, 2.45) is 4.99 Å². The summed E-state index contributed by atoms with van der Waals surface area (Å²) in [4.78, 5) is 6.90. The van der Waals surface area contributed by atoms with Crippen LogP contribution in [-0.4, -0.2) is 51.9 Å². The van der Waals surface area contributed by atoms with Gasteiger partial charge in [0.2, 0.25) is 6.79 Å². The summed E-state index contributed by atoms with van der Waals surface area (Å²) in [5.41, 5.74) is 2.21. The average Bonchev–Trinajstić information content (AvgIpc) is 3.20. The van der Waals surface area contributed by atoms with Crippen LogP contribution in [0, 0.1) is 0 Å². The van der Waals surface area contributed by atoms with Gasteiger partial charge in [0.05, 0.1) is 19.7 Å². The van der Waals surface area contributed by atoms with Crippen LogP contribution in [0.5, 0.6) is 17.2 Å². The summed E-state index contributed by atoms with van der Waals surface area (Å²) in [6, 6.07) is 14.2. The van der Waals surface area contributed by atoms with Crippen molar-refractivity contribution in [2.45, 2.75) is 19.5 Å². The number of nitrogens with zero attached hydrogens (tertiary/aromatic N) is 2. The Kier molecular flexibility index (Phi) is 7.19. The number of ether oxygens (including phenoxy) is 3. The lowest BCUT2D eigenvalue weighted by molar-refractivity contribution is 0.174. The Morgan fingerprint density at radius 2 is 1.93 bits per heavy atom. The zero-order valence-electron chi connectivity index (χ0n) is 17.6. The van der Waals surface area contributed by atoms with Gasteiger partial charge in [-0.1, -0.05) is 24.3 Å². The lowest BCUT2D eigenvalue weighted by atomic mass is 10.0. The number of nitrogens with one attached hydrogen (secondary N) is 2. The number of rotatable bonds is 8. The molecular weight excluding hydrogens is 368 g/mol. The van der Waals surface area contributed by atoms with E-state index in [0.717, 1.165) is 40.9 Å². The molecule has 7 heteroatoms. The number of likely N-dealkylation sites (N-methyl/N-ethyl adjacent to an activating group) is 1. The Bertz CT molecular complexity index is 839. The first kappa shape index (κ1) is 20.8. The van der Waals surface area contributed by atoms with Crippen molar-refractivity contribution in [1.29, 1.82) is 0 Å². The third-order valence-electron chi connectivity index (χ3n) is 4.79. The highest BCUT2D eigenvalue weighted by molar-refractivity contribution is 5.79. The van der Waals surface area contributed by atoms with E-state index in [9.17, 15) is 0 Å². The molecule has 0 aliphatic carbocycles. The van der Waals surface area contributed by atoms with Gasteiger partial charge in [-0.25, -0.2) is 4.99 Å². The number of fused-ring (bicyclic) bond motifs is 1. The van der Waals surface area contributed by atoms with Crippen LogP contribution in [0.3, 0.4) is 0 Å². The number of para-hydroxylation sites is 1. The van der Waals surface area contributed by atoms with Gasteiger partial charge in [0.1, 0.15) is 5.75 Å². The van der Waals surface area contributed by atoms with E-state index in [2.05, 4.69) is 42.6 Å². The highest BCUT2D eigenvalue weighted by atomic mass is 16.7. The lowest BCUT2D eigenvalue weighted by Gasteiger charge is -2.27. The zero-order valence-corrected chi connectivity index (χ0v) is 17.6. The highest BCUT2D eigenvalue weighted by Crippen LogP contribution is 2.32. The molecule has 156 valence electrons. The Hall–Kier alpha value is -2.93. The Balaban J connectivity index is 1.69.